The van der Waals surface area contributed by atoms with Crippen LogP contribution >= 0.6 is 0 Å². The van der Waals surface area contributed by atoms with E-state index in [1.165, 1.54) is 5.57 Å². The van der Waals surface area contributed by atoms with Crippen LogP contribution in [-0.2, 0) is 0 Å². The summed E-state index contributed by atoms with van der Waals surface area (Å²) in [4.78, 5) is 4.16. The molecule has 0 bridgehead atoms. The van der Waals surface area contributed by atoms with E-state index < -0.39 is 0 Å². The van der Waals surface area contributed by atoms with E-state index in [0.717, 1.165) is 29.9 Å². The lowest BCUT2D eigenvalue weighted by Crippen LogP contribution is -2.22. The smallest absolute Gasteiger partial charge is 0.0929 e. The molecule has 3 aliphatic rings. The number of nitrogens with one attached hydrogen (secondary N) is 1. The number of fused-ring (bicyclic) bond motifs is 2. The largest absolute Gasteiger partial charge is 0.346 e. The van der Waals surface area contributed by atoms with Crippen LogP contribution in [0, 0.1) is 0 Å². The van der Waals surface area contributed by atoms with Gasteiger partial charge in [-0.1, -0.05) is 6.08 Å². The maximum absolute atomic E-state index is 4.16. The number of allylic oxidation sites excluding steroid dienone is 1. The topological polar surface area (TPSA) is 49.1 Å². The first-order chi connectivity index (χ1) is 6.45. The molecule has 0 radical (unpaired) electrons. The number of hydrogen-bond acceptors (Lipinski definition) is 4. The second-order valence-electron chi connectivity index (χ2n) is 3.14. The molecule has 0 saturated carbocycles. The van der Waals surface area contributed by atoms with Crippen LogP contribution in [0.25, 0.3) is 0 Å². The molecular weight excluding hydrogens is 164 g/mol. The third kappa shape index (κ3) is 0.884. The molecule has 3 rings (SSSR count). The average molecular weight is 172 g/mol. The van der Waals surface area contributed by atoms with E-state index in [1.54, 1.807) is 12.5 Å². The summed E-state index contributed by atoms with van der Waals surface area (Å²) < 4.78 is 0. The van der Waals surface area contributed by atoms with Gasteiger partial charge in [0.1, 0.15) is 0 Å². The van der Waals surface area contributed by atoms with Gasteiger partial charge < -0.3 is 5.32 Å². The lowest BCUT2D eigenvalue weighted by molar-refractivity contribution is 0.921. The van der Waals surface area contributed by atoms with Gasteiger partial charge in [-0.05, 0) is 12.0 Å². The first-order valence-electron chi connectivity index (χ1n) is 4.24. The van der Waals surface area contributed by atoms with Gasteiger partial charge in [-0.15, -0.1) is 0 Å². The lowest BCUT2D eigenvalue weighted by atomic mass is 9.95. The van der Waals surface area contributed by atoms with Gasteiger partial charge >= 0.3 is 0 Å². The number of hydrogen-bond donors (Lipinski definition) is 1. The minimum absolute atomic E-state index is 0.795. The Morgan fingerprint density at radius 2 is 2.38 bits per heavy atom. The molecule has 13 heavy (non-hydrogen) atoms. The highest BCUT2D eigenvalue weighted by Crippen LogP contribution is 2.33. The van der Waals surface area contributed by atoms with E-state index >= 15 is 0 Å². The van der Waals surface area contributed by atoms with Crippen LogP contribution in [0.4, 0.5) is 0 Å². The molecule has 4 heteroatoms. The average Bonchev–Trinajstić information content (AvgIpc) is 2.65. The van der Waals surface area contributed by atoms with E-state index in [1.807, 2.05) is 0 Å². The maximum Gasteiger partial charge on any atom is 0.0929 e. The Bertz CT molecular complexity index is 409. The normalized spacial score (nSPS) is 23.4. The van der Waals surface area contributed by atoms with Crippen molar-refractivity contribution in [3.8, 4) is 0 Å². The summed E-state index contributed by atoms with van der Waals surface area (Å²) >= 11 is 0. The first-order valence-corrected chi connectivity index (χ1v) is 4.24. The summed E-state index contributed by atoms with van der Waals surface area (Å²) in [6, 6.07) is 0. The van der Waals surface area contributed by atoms with E-state index in [-0.39, 0.29) is 0 Å². The van der Waals surface area contributed by atoms with Gasteiger partial charge in [0, 0.05) is 5.57 Å². The van der Waals surface area contributed by atoms with Crippen molar-refractivity contribution in [1.82, 2.24) is 5.32 Å². The SMILES string of the molecule is C1=NCC2=C(N1)C1=CN=NC1=CC2. The van der Waals surface area contributed by atoms with Crippen LogP contribution in [0.2, 0.25) is 0 Å². The summed E-state index contributed by atoms with van der Waals surface area (Å²) in [6.07, 6.45) is 6.57. The highest BCUT2D eigenvalue weighted by Gasteiger charge is 2.22. The van der Waals surface area contributed by atoms with Crippen molar-refractivity contribution in [2.75, 3.05) is 6.54 Å². The van der Waals surface area contributed by atoms with Crippen LogP contribution in [-0.4, -0.2) is 12.9 Å². The molecule has 0 fully saturated rings. The van der Waals surface area contributed by atoms with E-state index in [0.29, 0.717) is 0 Å². The fraction of sp³-hybridized carbons (Fsp3) is 0.222. The molecular formula is C9H8N4. The van der Waals surface area contributed by atoms with Gasteiger partial charge in [0.05, 0.1) is 30.5 Å². The third-order valence-corrected chi connectivity index (χ3v) is 2.38. The van der Waals surface area contributed by atoms with Crippen molar-refractivity contribution in [1.29, 1.82) is 0 Å². The third-order valence-electron chi connectivity index (χ3n) is 2.38. The molecule has 0 amide bonds. The molecule has 64 valence electrons. The molecule has 4 nitrogen and oxygen atoms in total. The summed E-state index contributed by atoms with van der Waals surface area (Å²) in [5.41, 5.74) is 4.57. The minimum Gasteiger partial charge on any atom is -0.346 e. The number of rotatable bonds is 0. The lowest BCUT2D eigenvalue weighted by Gasteiger charge is -2.21. The van der Waals surface area contributed by atoms with Crippen LogP contribution in [0.1, 0.15) is 6.42 Å². The molecule has 0 aromatic carbocycles. The van der Waals surface area contributed by atoms with Crippen LogP contribution in [0.15, 0.2) is 50.0 Å². The zero-order valence-corrected chi connectivity index (χ0v) is 6.99. The molecule has 0 unspecified atom stereocenters. The van der Waals surface area contributed by atoms with E-state index in [2.05, 4.69) is 26.6 Å². The fourth-order valence-electron chi connectivity index (χ4n) is 1.71. The summed E-state index contributed by atoms with van der Waals surface area (Å²) in [5, 5.41) is 11.1. The standard InChI is InChI=1S/C9H8N4/c1-2-8-7(4-12-13-8)9-6(1)3-10-5-11-9/h2,4-5H,1,3H2,(H,10,11). The summed E-state index contributed by atoms with van der Waals surface area (Å²) in [7, 11) is 0. The zero-order valence-electron chi connectivity index (χ0n) is 6.99. The zero-order chi connectivity index (χ0) is 8.67. The monoisotopic (exact) mass is 172 g/mol. The maximum atomic E-state index is 4.16. The van der Waals surface area contributed by atoms with Crippen LogP contribution < -0.4 is 5.32 Å². The van der Waals surface area contributed by atoms with Gasteiger partial charge in [-0.25, -0.2) is 0 Å². The Kier molecular flexibility index (Phi) is 1.24. The van der Waals surface area contributed by atoms with Crippen molar-refractivity contribution in [2.45, 2.75) is 6.42 Å². The Hall–Kier alpha value is -1.71. The van der Waals surface area contributed by atoms with Crippen molar-refractivity contribution < 1.29 is 0 Å². The molecule has 1 aliphatic carbocycles. The quantitative estimate of drug-likeness (QED) is 0.591. The second-order valence-corrected chi connectivity index (χ2v) is 3.14. The van der Waals surface area contributed by atoms with E-state index in [9.17, 15) is 0 Å². The molecule has 2 heterocycles. The summed E-state index contributed by atoms with van der Waals surface area (Å²) in [6.45, 7) is 0.795. The highest BCUT2D eigenvalue weighted by atomic mass is 15.1. The summed E-state index contributed by atoms with van der Waals surface area (Å²) in [5.74, 6) is 0. The van der Waals surface area contributed by atoms with Gasteiger partial charge in [0.25, 0.3) is 0 Å². The Labute approximate surface area is 75.5 Å². The molecule has 0 aromatic heterocycles. The van der Waals surface area contributed by atoms with Gasteiger partial charge in [-0.3, -0.25) is 4.99 Å². The second kappa shape index (κ2) is 2.39. The highest BCUT2D eigenvalue weighted by molar-refractivity contribution is 5.67. The van der Waals surface area contributed by atoms with E-state index in [4.69, 9.17) is 0 Å². The van der Waals surface area contributed by atoms with Gasteiger partial charge in [0.2, 0.25) is 0 Å². The molecule has 0 spiro atoms. The predicted molar refractivity (Wildman–Crippen MR) is 49.2 cm³/mol. The Morgan fingerprint density at radius 3 is 3.38 bits per heavy atom. The number of aliphatic imine (C=N–C) groups is 1. The van der Waals surface area contributed by atoms with Gasteiger partial charge in [0.15, 0.2) is 0 Å². The molecule has 0 aromatic rings. The fourth-order valence-corrected chi connectivity index (χ4v) is 1.71. The molecule has 0 saturated heterocycles. The van der Waals surface area contributed by atoms with Crippen molar-refractivity contribution in [2.24, 2.45) is 15.2 Å². The number of azo groups is 1. The molecule has 2 aliphatic heterocycles. The minimum atomic E-state index is 0.795. The van der Waals surface area contributed by atoms with Crippen molar-refractivity contribution >= 4 is 6.34 Å². The number of nitrogens with zero attached hydrogens (tertiary/aromatic N) is 3. The van der Waals surface area contributed by atoms with Crippen LogP contribution in [0.3, 0.4) is 0 Å². The first kappa shape index (κ1) is 6.77. The predicted octanol–water partition coefficient (Wildman–Crippen LogP) is 1.51. The Morgan fingerprint density at radius 1 is 1.38 bits per heavy atom. The van der Waals surface area contributed by atoms with Crippen molar-refractivity contribution in [3.05, 3.63) is 34.8 Å². The van der Waals surface area contributed by atoms with Crippen molar-refractivity contribution in [3.63, 3.8) is 0 Å². The Balaban J connectivity index is 2.07. The van der Waals surface area contributed by atoms with Gasteiger partial charge in [-0.2, -0.15) is 10.2 Å². The molecule has 1 N–H and O–H groups in total. The van der Waals surface area contributed by atoms with Crippen LogP contribution in [0.5, 0.6) is 0 Å². The molecule has 0 atom stereocenters.